The van der Waals surface area contributed by atoms with Gasteiger partial charge in [-0.2, -0.15) is 0 Å². The smallest absolute Gasteiger partial charge is 0.252 e. The van der Waals surface area contributed by atoms with Crippen LogP contribution in [0.5, 0.6) is 0 Å². The third-order valence-electron chi connectivity index (χ3n) is 4.53. The van der Waals surface area contributed by atoms with Crippen molar-refractivity contribution in [3.8, 4) is 0 Å². The highest BCUT2D eigenvalue weighted by atomic mass is 35.5. The van der Waals surface area contributed by atoms with Crippen LogP contribution in [0.3, 0.4) is 0 Å². The number of benzene rings is 2. The van der Waals surface area contributed by atoms with Crippen LogP contribution in [0.15, 0.2) is 48.5 Å². The van der Waals surface area contributed by atoms with E-state index >= 15 is 0 Å². The van der Waals surface area contributed by atoms with E-state index in [1.165, 1.54) is 24.3 Å². The number of ketones is 1. The monoisotopic (exact) mass is 378 g/mol. The maximum atomic E-state index is 13.1. The molecule has 0 fully saturated rings. The number of halogens is 2. The van der Waals surface area contributed by atoms with Crippen LogP contribution < -0.4 is 11.1 Å². The van der Waals surface area contributed by atoms with E-state index in [2.05, 4.69) is 5.32 Å². The predicted molar refractivity (Wildman–Crippen MR) is 103 cm³/mol. The van der Waals surface area contributed by atoms with Crippen molar-refractivity contribution in [3.05, 3.63) is 71.0 Å². The van der Waals surface area contributed by atoms with E-state index in [1.54, 1.807) is 24.3 Å². The molecule has 2 aromatic carbocycles. The second-order valence-corrected chi connectivity index (χ2v) is 6.13. The fourth-order valence-corrected chi connectivity index (χ4v) is 2.49. The summed E-state index contributed by atoms with van der Waals surface area (Å²) in [5, 5.41) is 2.82. The molecule has 0 saturated heterocycles. The van der Waals surface area contributed by atoms with Crippen LogP contribution in [0.2, 0.25) is 0 Å². The molecule has 2 rings (SSSR count). The summed E-state index contributed by atoms with van der Waals surface area (Å²) in [5.41, 5.74) is 6.64. The number of nitrogens with two attached hydrogens (primary N) is 1. The van der Waals surface area contributed by atoms with E-state index in [0.29, 0.717) is 12.1 Å². The summed E-state index contributed by atoms with van der Waals surface area (Å²) in [6, 6.07) is 11.8. The van der Waals surface area contributed by atoms with Gasteiger partial charge in [-0.15, -0.1) is 12.4 Å². The molecule has 0 radical (unpaired) electrons. The topological polar surface area (TPSA) is 72.2 Å². The average Bonchev–Trinajstić information content (AvgIpc) is 2.66. The highest BCUT2D eigenvalue weighted by molar-refractivity contribution is 6.15. The Morgan fingerprint density at radius 3 is 2.08 bits per heavy atom. The third-order valence-corrected chi connectivity index (χ3v) is 4.53. The van der Waals surface area contributed by atoms with Crippen molar-refractivity contribution in [2.75, 3.05) is 6.54 Å². The van der Waals surface area contributed by atoms with Gasteiger partial charge >= 0.3 is 0 Å². The van der Waals surface area contributed by atoms with Crippen LogP contribution in [0.25, 0.3) is 0 Å². The maximum Gasteiger partial charge on any atom is 0.252 e. The first kappa shape index (κ1) is 21.8. The first-order chi connectivity index (χ1) is 11.9. The second-order valence-electron chi connectivity index (χ2n) is 6.13. The molecule has 3 N–H and O–H groups in total. The van der Waals surface area contributed by atoms with Crippen molar-refractivity contribution in [2.24, 2.45) is 5.73 Å². The largest absolute Gasteiger partial charge is 0.350 e. The third kappa shape index (κ3) is 5.13. The predicted octanol–water partition coefficient (Wildman–Crippen LogP) is 3.73. The van der Waals surface area contributed by atoms with Gasteiger partial charge in [0.2, 0.25) is 0 Å². The molecular weight excluding hydrogens is 355 g/mol. The Bertz CT molecular complexity index is 759. The highest BCUT2D eigenvalue weighted by Gasteiger charge is 2.23. The lowest BCUT2D eigenvalue weighted by molar-refractivity contribution is 0.0932. The molecule has 1 amide bonds. The van der Waals surface area contributed by atoms with Crippen LogP contribution in [-0.4, -0.2) is 23.8 Å². The summed E-state index contributed by atoms with van der Waals surface area (Å²) in [7, 11) is 0. The van der Waals surface area contributed by atoms with Crippen LogP contribution >= 0.6 is 12.4 Å². The van der Waals surface area contributed by atoms with Crippen molar-refractivity contribution in [3.63, 3.8) is 0 Å². The zero-order chi connectivity index (χ0) is 18.4. The molecule has 0 aromatic heterocycles. The highest BCUT2D eigenvalue weighted by Crippen LogP contribution is 2.16. The summed E-state index contributed by atoms with van der Waals surface area (Å²) in [6.45, 7) is 4.28. The molecule has 0 bridgehead atoms. The molecule has 0 aliphatic rings. The SMILES string of the molecule is CCC(N)(CC)CNC(=O)c1ccccc1C(=O)c1ccc(F)cc1.Cl. The molecule has 6 heteroatoms. The number of carbonyl (C=O) groups excluding carboxylic acids is 2. The summed E-state index contributed by atoms with van der Waals surface area (Å²) in [5.74, 6) is -1.08. The Labute approximate surface area is 159 Å². The van der Waals surface area contributed by atoms with E-state index in [0.717, 1.165) is 12.8 Å². The van der Waals surface area contributed by atoms with Crippen molar-refractivity contribution in [1.82, 2.24) is 5.32 Å². The van der Waals surface area contributed by atoms with Crippen LogP contribution in [0.1, 0.15) is 53.0 Å². The lowest BCUT2D eigenvalue weighted by atomic mass is 9.93. The van der Waals surface area contributed by atoms with Crippen molar-refractivity contribution >= 4 is 24.1 Å². The Kier molecular flexibility index (Phi) is 7.93. The van der Waals surface area contributed by atoms with E-state index in [-0.39, 0.29) is 35.2 Å². The number of amides is 1. The number of rotatable bonds is 7. The molecule has 140 valence electrons. The Balaban J connectivity index is 0.00000338. The molecule has 26 heavy (non-hydrogen) atoms. The Morgan fingerprint density at radius 2 is 1.54 bits per heavy atom. The molecule has 0 aliphatic heterocycles. The van der Waals surface area contributed by atoms with Gasteiger partial charge in [0.05, 0.1) is 5.56 Å². The zero-order valence-electron chi connectivity index (χ0n) is 14.9. The van der Waals surface area contributed by atoms with Crippen molar-refractivity contribution in [1.29, 1.82) is 0 Å². The fourth-order valence-electron chi connectivity index (χ4n) is 2.49. The van der Waals surface area contributed by atoms with Gasteiger partial charge in [-0.1, -0.05) is 32.0 Å². The van der Waals surface area contributed by atoms with Gasteiger partial charge in [-0.3, -0.25) is 9.59 Å². The number of hydrogen-bond acceptors (Lipinski definition) is 3. The average molecular weight is 379 g/mol. The van der Waals surface area contributed by atoms with Gasteiger partial charge in [-0.05, 0) is 43.2 Å². The Hall–Kier alpha value is -2.24. The molecule has 2 aromatic rings. The van der Waals surface area contributed by atoms with Gasteiger partial charge in [-0.25, -0.2) is 4.39 Å². The lowest BCUT2D eigenvalue weighted by Crippen LogP contribution is -2.49. The first-order valence-corrected chi connectivity index (χ1v) is 8.36. The maximum absolute atomic E-state index is 13.1. The van der Waals surface area contributed by atoms with E-state index in [4.69, 9.17) is 5.73 Å². The van der Waals surface area contributed by atoms with Crippen LogP contribution in [0, 0.1) is 5.82 Å². The molecule has 0 heterocycles. The summed E-state index contributed by atoms with van der Waals surface area (Å²) in [4.78, 5) is 25.2. The summed E-state index contributed by atoms with van der Waals surface area (Å²) >= 11 is 0. The standard InChI is InChI=1S/C20H23FN2O2.ClH/c1-3-20(22,4-2)13-23-19(25)17-8-6-5-7-16(17)18(24)14-9-11-15(21)12-10-14;/h5-12H,3-4,13,22H2,1-2H3,(H,23,25);1H. The van der Waals surface area contributed by atoms with Crippen molar-refractivity contribution < 1.29 is 14.0 Å². The lowest BCUT2D eigenvalue weighted by Gasteiger charge is -2.27. The van der Waals surface area contributed by atoms with Crippen LogP contribution in [0.4, 0.5) is 4.39 Å². The van der Waals surface area contributed by atoms with Crippen molar-refractivity contribution in [2.45, 2.75) is 32.2 Å². The molecule has 0 unspecified atom stereocenters. The normalized spacial score (nSPS) is 10.8. The quantitative estimate of drug-likeness (QED) is 0.721. The molecule has 0 atom stereocenters. The van der Waals surface area contributed by atoms with Gasteiger partial charge in [0, 0.05) is 23.2 Å². The number of hydrogen-bond donors (Lipinski definition) is 2. The van der Waals surface area contributed by atoms with E-state index < -0.39 is 11.4 Å². The second kappa shape index (κ2) is 9.46. The molecule has 0 aliphatic carbocycles. The molecule has 4 nitrogen and oxygen atoms in total. The van der Waals surface area contributed by atoms with Gasteiger partial charge in [0.15, 0.2) is 5.78 Å². The van der Waals surface area contributed by atoms with E-state index in [1.807, 2.05) is 13.8 Å². The minimum absolute atomic E-state index is 0. The summed E-state index contributed by atoms with van der Waals surface area (Å²) in [6.07, 6.45) is 1.47. The molecular formula is C20H24ClFN2O2. The van der Waals surface area contributed by atoms with E-state index in [9.17, 15) is 14.0 Å². The number of carbonyl (C=O) groups is 2. The fraction of sp³-hybridized carbons (Fsp3) is 0.300. The van der Waals surface area contributed by atoms with Gasteiger partial charge < -0.3 is 11.1 Å². The summed E-state index contributed by atoms with van der Waals surface area (Å²) < 4.78 is 13.1. The zero-order valence-corrected chi connectivity index (χ0v) is 15.7. The number of nitrogens with one attached hydrogen (secondary N) is 1. The Morgan fingerprint density at radius 1 is 1.00 bits per heavy atom. The minimum Gasteiger partial charge on any atom is -0.350 e. The first-order valence-electron chi connectivity index (χ1n) is 8.36. The van der Waals surface area contributed by atoms with Gasteiger partial charge in [0.25, 0.3) is 5.91 Å². The molecule has 0 saturated carbocycles. The minimum atomic E-state index is -0.467. The van der Waals surface area contributed by atoms with Crippen LogP contribution in [-0.2, 0) is 0 Å². The van der Waals surface area contributed by atoms with Gasteiger partial charge in [0.1, 0.15) is 5.82 Å². The molecule has 0 spiro atoms.